The minimum atomic E-state index is -0.233. The number of hydrazone groups is 1. The fourth-order valence-electron chi connectivity index (χ4n) is 1.55. The van der Waals surface area contributed by atoms with Crippen molar-refractivity contribution in [1.29, 1.82) is 0 Å². The molecule has 2 aromatic rings. The number of thioether (sulfide) groups is 1. The van der Waals surface area contributed by atoms with Gasteiger partial charge < -0.3 is 0 Å². The van der Waals surface area contributed by atoms with Crippen LogP contribution in [-0.4, -0.2) is 18.4 Å². The zero-order chi connectivity index (χ0) is 14.4. The maximum atomic E-state index is 11.8. The van der Waals surface area contributed by atoms with E-state index < -0.39 is 0 Å². The second kappa shape index (κ2) is 7.26. The Morgan fingerprint density at radius 2 is 2.00 bits per heavy atom. The molecule has 5 heteroatoms. The average molecular weight is 349 g/mol. The van der Waals surface area contributed by atoms with Crippen LogP contribution in [0, 0.1) is 0 Å². The predicted octanol–water partition coefficient (Wildman–Crippen LogP) is 3.93. The Morgan fingerprint density at radius 3 is 2.65 bits per heavy atom. The van der Waals surface area contributed by atoms with E-state index in [4.69, 9.17) is 0 Å². The zero-order valence-corrected chi connectivity index (χ0v) is 13.2. The molecule has 20 heavy (non-hydrogen) atoms. The molecule has 3 nitrogen and oxygen atoms in total. The molecule has 2 aromatic carbocycles. The number of hydrogen-bond acceptors (Lipinski definition) is 3. The quantitative estimate of drug-likeness (QED) is 0.516. The van der Waals surface area contributed by atoms with Crippen molar-refractivity contribution in [3.8, 4) is 0 Å². The lowest BCUT2D eigenvalue weighted by Crippen LogP contribution is -2.17. The lowest BCUT2D eigenvalue weighted by atomic mass is 10.2. The second-order valence-corrected chi connectivity index (χ2v) is 5.78. The van der Waals surface area contributed by atoms with Crippen LogP contribution in [-0.2, 0) is 0 Å². The van der Waals surface area contributed by atoms with E-state index in [0.717, 1.165) is 10.0 Å². The number of benzene rings is 2. The summed E-state index contributed by atoms with van der Waals surface area (Å²) < 4.78 is 0.863. The van der Waals surface area contributed by atoms with Gasteiger partial charge in [-0.15, -0.1) is 11.8 Å². The summed E-state index contributed by atoms with van der Waals surface area (Å²) in [6.07, 6.45) is 3.65. The molecule has 0 aliphatic carbocycles. The van der Waals surface area contributed by atoms with E-state index >= 15 is 0 Å². The number of halogens is 1. The first-order valence-electron chi connectivity index (χ1n) is 5.92. The highest BCUT2D eigenvalue weighted by Crippen LogP contribution is 2.14. The molecule has 1 amide bonds. The van der Waals surface area contributed by atoms with Gasteiger partial charge >= 0.3 is 0 Å². The van der Waals surface area contributed by atoms with Crippen LogP contribution in [0.3, 0.4) is 0 Å². The van der Waals surface area contributed by atoms with E-state index in [2.05, 4.69) is 26.5 Å². The monoisotopic (exact) mass is 348 g/mol. The van der Waals surface area contributed by atoms with E-state index in [-0.39, 0.29) is 5.91 Å². The Bertz CT molecular complexity index is 626. The molecule has 1 N–H and O–H groups in total. The van der Waals surface area contributed by atoms with E-state index in [0.29, 0.717) is 5.56 Å². The van der Waals surface area contributed by atoms with Crippen LogP contribution in [0.15, 0.2) is 63.0 Å². The first-order valence-corrected chi connectivity index (χ1v) is 7.94. The van der Waals surface area contributed by atoms with Gasteiger partial charge in [0.15, 0.2) is 0 Å². The number of nitrogens with one attached hydrogen (secondary N) is 1. The Balaban J connectivity index is 1.97. The highest BCUT2D eigenvalue weighted by Gasteiger charge is 2.03. The summed E-state index contributed by atoms with van der Waals surface area (Å²) in [6, 6.07) is 15.1. The van der Waals surface area contributed by atoms with Crippen LogP contribution >= 0.6 is 27.7 Å². The van der Waals surface area contributed by atoms with Crippen LogP contribution in [0.4, 0.5) is 0 Å². The topological polar surface area (TPSA) is 41.5 Å². The van der Waals surface area contributed by atoms with Gasteiger partial charge in [-0.2, -0.15) is 5.10 Å². The molecule has 0 aliphatic rings. The van der Waals surface area contributed by atoms with Gasteiger partial charge in [-0.25, -0.2) is 5.43 Å². The lowest BCUT2D eigenvalue weighted by molar-refractivity contribution is 0.0955. The van der Waals surface area contributed by atoms with Crippen molar-refractivity contribution in [2.45, 2.75) is 4.90 Å². The number of carbonyl (C=O) groups excluding carboxylic acids is 1. The molecule has 0 atom stereocenters. The Hall–Kier alpha value is -1.59. The molecule has 0 bridgehead atoms. The third-order valence-electron chi connectivity index (χ3n) is 2.58. The van der Waals surface area contributed by atoms with Crippen molar-refractivity contribution in [2.75, 3.05) is 6.26 Å². The smallest absolute Gasteiger partial charge is 0.267 e. The highest BCUT2D eigenvalue weighted by atomic mass is 79.9. The number of hydrogen-bond donors (Lipinski definition) is 1. The molecule has 0 saturated carbocycles. The minimum absolute atomic E-state index is 0.233. The number of rotatable bonds is 4. The van der Waals surface area contributed by atoms with Gasteiger partial charge in [0.2, 0.25) is 0 Å². The van der Waals surface area contributed by atoms with Crippen molar-refractivity contribution in [1.82, 2.24) is 5.43 Å². The summed E-state index contributed by atoms with van der Waals surface area (Å²) in [5.74, 6) is -0.233. The largest absolute Gasteiger partial charge is 0.271 e. The van der Waals surface area contributed by atoms with Crippen LogP contribution in [0.2, 0.25) is 0 Å². The molecule has 0 fully saturated rings. The number of carbonyl (C=O) groups is 1. The molecular weight excluding hydrogens is 336 g/mol. The summed E-state index contributed by atoms with van der Waals surface area (Å²) in [5, 5.41) is 3.96. The fraction of sp³-hybridized carbons (Fsp3) is 0.0667. The molecule has 0 heterocycles. The van der Waals surface area contributed by atoms with Crippen molar-refractivity contribution in [3.05, 3.63) is 64.1 Å². The SMILES string of the molecule is CSc1ccc(C=NNC(=O)c2cccc(Br)c2)cc1. The van der Waals surface area contributed by atoms with Crippen molar-refractivity contribution >= 4 is 39.8 Å². The minimum Gasteiger partial charge on any atom is -0.267 e. The molecule has 2 rings (SSSR count). The van der Waals surface area contributed by atoms with E-state index in [1.165, 1.54) is 4.90 Å². The first kappa shape index (κ1) is 14.8. The molecule has 0 radical (unpaired) electrons. The lowest BCUT2D eigenvalue weighted by Gasteiger charge is -2.00. The third-order valence-corrected chi connectivity index (χ3v) is 3.82. The van der Waals surface area contributed by atoms with Crippen molar-refractivity contribution in [3.63, 3.8) is 0 Å². The number of nitrogens with zero attached hydrogens (tertiary/aromatic N) is 1. The normalized spacial score (nSPS) is 10.7. The van der Waals surface area contributed by atoms with Gasteiger partial charge in [-0.3, -0.25) is 4.79 Å². The Kier molecular flexibility index (Phi) is 5.38. The standard InChI is InChI=1S/C15H13BrN2OS/c1-20-14-7-5-11(6-8-14)10-17-18-15(19)12-3-2-4-13(16)9-12/h2-10H,1H3,(H,18,19). The number of amides is 1. The van der Waals surface area contributed by atoms with Gasteiger partial charge in [-0.05, 0) is 42.2 Å². The molecule has 0 aliphatic heterocycles. The Labute approximate surface area is 130 Å². The van der Waals surface area contributed by atoms with Crippen LogP contribution in [0.25, 0.3) is 0 Å². The first-order chi connectivity index (χ1) is 9.69. The van der Waals surface area contributed by atoms with Gasteiger partial charge in [0.25, 0.3) is 5.91 Å². The summed E-state index contributed by atoms with van der Waals surface area (Å²) >= 11 is 5.01. The molecule has 0 spiro atoms. The van der Waals surface area contributed by atoms with E-state index in [9.17, 15) is 4.79 Å². The summed E-state index contributed by atoms with van der Waals surface area (Å²) in [5.41, 5.74) is 4.01. The molecule has 0 saturated heterocycles. The predicted molar refractivity (Wildman–Crippen MR) is 87.4 cm³/mol. The summed E-state index contributed by atoms with van der Waals surface area (Å²) in [4.78, 5) is 13.0. The van der Waals surface area contributed by atoms with Crippen LogP contribution < -0.4 is 5.43 Å². The molecular formula is C15H13BrN2OS. The average Bonchev–Trinajstić information content (AvgIpc) is 2.48. The summed E-state index contributed by atoms with van der Waals surface area (Å²) in [7, 11) is 0. The zero-order valence-electron chi connectivity index (χ0n) is 10.8. The molecule has 102 valence electrons. The van der Waals surface area contributed by atoms with Crippen LogP contribution in [0.1, 0.15) is 15.9 Å². The fourth-order valence-corrected chi connectivity index (χ4v) is 2.36. The Morgan fingerprint density at radius 1 is 1.25 bits per heavy atom. The maximum absolute atomic E-state index is 11.8. The van der Waals surface area contributed by atoms with Gasteiger partial charge in [-0.1, -0.05) is 34.1 Å². The molecule has 0 unspecified atom stereocenters. The van der Waals surface area contributed by atoms with E-state index in [1.54, 1.807) is 30.1 Å². The highest BCUT2D eigenvalue weighted by molar-refractivity contribution is 9.10. The second-order valence-electron chi connectivity index (χ2n) is 3.98. The van der Waals surface area contributed by atoms with Crippen molar-refractivity contribution < 1.29 is 4.79 Å². The van der Waals surface area contributed by atoms with Crippen molar-refractivity contribution in [2.24, 2.45) is 5.10 Å². The maximum Gasteiger partial charge on any atom is 0.271 e. The third kappa shape index (κ3) is 4.21. The summed E-state index contributed by atoms with van der Waals surface area (Å²) in [6.45, 7) is 0. The van der Waals surface area contributed by atoms with Crippen LogP contribution in [0.5, 0.6) is 0 Å². The van der Waals surface area contributed by atoms with Gasteiger partial charge in [0, 0.05) is 14.9 Å². The van der Waals surface area contributed by atoms with Gasteiger partial charge in [0.05, 0.1) is 6.21 Å². The molecule has 0 aromatic heterocycles. The van der Waals surface area contributed by atoms with Gasteiger partial charge in [0.1, 0.15) is 0 Å². The van der Waals surface area contributed by atoms with E-state index in [1.807, 2.05) is 42.7 Å².